The lowest BCUT2D eigenvalue weighted by Crippen LogP contribution is -2.11. The summed E-state index contributed by atoms with van der Waals surface area (Å²) in [5.41, 5.74) is 0.0853. The number of anilines is 1. The summed E-state index contributed by atoms with van der Waals surface area (Å²) in [5.74, 6) is -1.07. The summed E-state index contributed by atoms with van der Waals surface area (Å²) in [6, 6.07) is 4.15. The van der Waals surface area contributed by atoms with Crippen LogP contribution in [0.3, 0.4) is 0 Å². The van der Waals surface area contributed by atoms with Gasteiger partial charge in [-0.1, -0.05) is 11.6 Å². The van der Waals surface area contributed by atoms with Gasteiger partial charge >= 0.3 is 5.97 Å². The fourth-order valence-corrected chi connectivity index (χ4v) is 1.45. The van der Waals surface area contributed by atoms with Gasteiger partial charge in [-0.25, -0.2) is 4.79 Å². The Morgan fingerprint density at radius 1 is 1.62 bits per heavy atom. The van der Waals surface area contributed by atoms with Crippen molar-refractivity contribution in [1.82, 2.24) is 0 Å². The Labute approximate surface area is 98.6 Å². The van der Waals surface area contributed by atoms with Crippen LogP contribution < -0.4 is 9.46 Å². The van der Waals surface area contributed by atoms with Gasteiger partial charge in [-0.2, -0.15) is 0 Å². The normalized spacial score (nSPS) is 11.9. The van der Waals surface area contributed by atoms with E-state index in [0.29, 0.717) is 5.02 Å². The molecule has 1 aromatic carbocycles. The Balaban J connectivity index is 2.88. The molecular formula is C8H7ClNO5S-. The summed E-state index contributed by atoms with van der Waals surface area (Å²) < 4.78 is 27.8. The maximum absolute atomic E-state index is 10.4. The van der Waals surface area contributed by atoms with Crippen molar-refractivity contribution in [2.75, 3.05) is 11.3 Å². The van der Waals surface area contributed by atoms with Gasteiger partial charge < -0.3 is 19.1 Å². The molecule has 0 aliphatic carbocycles. The molecule has 0 bridgehead atoms. The van der Waals surface area contributed by atoms with Crippen molar-refractivity contribution in [1.29, 1.82) is 0 Å². The number of rotatable bonds is 5. The van der Waals surface area contributed by atoms with Crippen molar-refractivity contribution < 1.29 is 23.4 Å². The Morgan fingerprint density at radius 2 is 2.31 bits per heavy atom. The number of ether oxygens (including phenoxy) is 1. The summed E-state index contributed by atoms with van der Waals surface area (Å²) in [6.45, 7) is -0.568. The van der Waals surface area contributed by atoms with Gasteiger partial charge in [0.1, 0.15) is 5.75 Å². The van der Waals surface area contributed by atoms with Crippen LogP contribution in [0.25, 0.3) is 0 Å². The monoisotopic (exact) mass is 264 g/mol. The second kappa shape index (κ2) is 5.69. The van der Waals surface area contributed by atoms with Crippen molar-refractivity contribution in [3.05, 3.63) is 23.2 Å². The first-order chi connectivity index (χ1) is 7.49. The molecule has 1 aromatic rings. The lowest BCUT2D eigenvalue weighted by molar-refractivity contribution is -0.139. The molecule has 0 saturated carbocycles. The number of hydrogen-bond donors (Lipinski definition) is 2. The molecule has 16 heavy (non-hydrogen) atoms. The molecule has 0 aromatic heterocycles. The number of carbonyl (C=O) groups is 1. The Kier molecular flexibility index (Phi) is 4.53. The smallest absolute Gasteiger partial charge is 0.341 e. The molecule has 6 nitrogen and oxygen atoms in total. The predicted molar refractivity (Wildman–Crippen MR) is 57.1 cm³/mol. The van der Waals surface area contributed by atoms with Crippen LogP contribution >= 0.6 is 11.6 Å². The number of aliphatic carboxylic acids is 1. The average Bonchev–Trinajstić information content (AvgIpc) is 2.15. The third-order valence-corrected chi connectivity index (χ3v) is 2.11. The number of nitrogens with one attached hydrogen (secondary N) is 1. The second-order valence-corrected chi connectivity index (χ2v) is 3.77. The average molecular weight is 265 g/mol. The molecule has 0 radical (unpaired) electrons. The van der Waals surface area contributed by atoms with Crippen LogP contribution in [0.5, 0.6) is 5.75 Å². The van der Waals surface area contributed by atoms with Crippen LogP contribution in [0.4, 0.5) is 5.69 Å². The highest BCUT2D eigenvalue weighted by atomic mass is 35.5. The Morgan fingerprint density at radius 3 is 2.88 bits per heavy atom. The maximum Gasteiger partial charge on any atom is 0.341 e. The minimum absolute atomic E-state index is 0.0853. The Hall–Kier alpha value is -1.31. The highest BCUT2D eigenvalue weighted by Crippen LogP contribution is 2.28. The third kappa shape index (κ3) is 4.05. The first kappa shape index (κ1) is 12.8. The van der Waals surface area contributed by atoms with Crippen LogP contribution in [-0.4, -0.2) is 26.4 Å². The van der Waals surface area contributed by atoms with Crippen molar-refractivity contribution in [2.45, 2.75) is 0 Å². The van der Waals surface area contributed by atoms with Gasteiger partial charge in [-0.15, -0.1) is 0 Å². The molecule has 8 heteroatoms. The quantitative estimate of drug-likeness (QED) is 0.773. The van der Waals surface area contributed by atoms with E-state index >= 15 is 0 Å². The fraction of sp³-hybridized carbons (Fsp3) is 0.125. The molecule has 0 amide bonds. The molecule has 0 heterocycles. The molecular weight excluding hydrogens is 258 g/mol. The topological polar surface area (TPSA) is 98.7 Å². The largest absolute Gasteiger partial charge is 0.755 e. The van der Waals surface area contributed by atoms with E-state index in [2.05, 4.69) is 4.72 Å². The lowest BCUT2D eigenvalue weighted by Gasteiger charge is -2.13. The van der Waals surface area contributed by atoms with E-state index in [0.717, 1.165) is 0 Å². The minimum Gasteiger partial charge on any atom is -0.755 e. The van der Waals surface area contributed by atoms with E-state index in [4.69, 9.17) is 21.4 Å². The van der Waals surface area contributed by atoms with Crippen LogP contribution in [0.2, 0.25) is 5.02 Å². The second-order valence-electron chi connectivity index (χ2n) is 2.66. The summed E-state index contributed by atoms with van der Waals surface area (Å²) in [6.07, 6.45) is 0. The number of hydrogen-bond acceptors (Lipinski definition) is 4. The van der Waals surface area contributed by atoms with E-state index in [-0.39, 0.29) is 11.4 Å². The third-order valence-electron chi connectivity index (χ3n) is 1.49. The van der Waals surface area contributed by atoms with E-state index < -0.39 is 23.8 Å². The number of carboxylic acid groups (broad SMARTS) is 1. The van der Waals surface area contributed by atoms with Gasteiger partial charge in [0, 0.05) is 16.3 Å². The highest BCUT2D eigenvalue weighted by Gasteiger charge is 2.06. The Bertz CT molecular complexity index is 425. The molecule has 0 aliphatic heterocycles. The molecule has 0 fully saturated rings. The zero-order valence-electron chi connectivity index (χ0n) is 7.81. The highest BCUT2D eigenvalue weighted by molar-refractivity contribution is 7.80. The van der Waals surface area contributed by atoms with Crippen LogP contribution in [0.1, 0.15) is 0 Å². The van der Waals surface area contributed by atoms with Crippen molar-refractivity contribution in [3.8, 4) is 5.75 Å². The van der Waals surface area contributed by atoms with Crippen molar-refractivity contribution >= 4 is 34.5 Å². The van der Waals surface area contributed by atoms with Gasteiger partial charge in [-0.05, 0) is 18.2 Å². The molecule has 1 rings (SSSR count). The molecule has 0 spiro atoms. The van der Waals surface area contributed by atoms with E-state index in [9.17, 15) is 13.6 Å². The molecule has 1 unspecified atom stereocenters. The number of halogens is 1. The predicted octanol–water partition coefficient (Wildman–Crippen LogP) is 1.01. The summed E-state index contributed by atoms with van der Waals surface area (Å²) in [5, 5.41) is 8.71. The van der Waals surface area contributed by atoms with Gasteiger partial charge in [0.2, 0.25) is 0 Å². The number of benzene rings is 1. The summed E-state index contributed by atoms with van der Waals surface area (Å²) in [4.78, 5) is 10.3. The zero-order chi connectivity index (χ0) is 12.1. The number of carboxylic acids is 1. The van der Waals surface area contributed by atoms with Crippen molar-refractivity contribution in [3.63, 3.8) is 0 Å². The van der Waals surface area contributed by atoms with Crippen LogP contribution in [-0.2, 0) is 16.1 Å². The van der Waals surface area contributed by atoms with Crippen molar-refractivity contribution in [2.24, 2.45) is 0 Å². The lowest BCUT2D eigenvalue weighted by atomic mass is 10.3. The summed E-state index contributed by atoms with van der Waals surface area (Å²) >= 11 is 3.11. The van der Waals surface area contributed by atoms with E-state index in [1.807, 2.05) is 0 Å². The first-order valence-corrected chi connectivity index (χ1v) is 5.44. The molecule has 88 valence electrons. The van der Waals surface area contributed by atoms with Gasteiger partial charge in [0.15, 0.2) is 6.61 Å². The SMILES string of the molecule is O=C(O)COc1ccc(Cl)cc1NS(=O)[O-]. The van der Waals surface area contributed by atoms with Gasteiger partial charge in [0.25, 0.3) is 0 Å². The van der Waals surface area contributed by atoms with E-state index in [1.165, 1.54) is 18.2 Å². The van der Waals surface area contributed by atoms with Gasteiger partial charge in [0.05, 0.1) is 5.69 Å². The molecule has 1 atom stereocenters. The fourth-order valence-electron chi connectivity index (χ4n) is 0.937. The van der Waals surface area contributed by atoms with Crippen LogP contribution in [0, 0.1) is 0 Å². The molecule has 2 N–H and O–H groups in total. The van der Waals surface area contributed by atoms with Crippen LogP contribution in [0.15, 0.2) is 18.2 Å². The minimum atomic E-state index is -2.54. The molecule has 0 saturated heterocycles. The first-order valence-electron chi connectivity index (χ1n) is 3.99. The summed E-state index contributed by atoms with van der Waals surface area (Å²) in [7, 11) is 0. The molecule has 0 aliphatic rings. The maximum atomic E-state index is 10.4. The van der Waals surface area contributed by atoms with E-state index in [1.54, 1.807) is 0 Å². The zero-order valence-corrected chi connectivity index (χ0v) is 9.38. The van der Waals surface area contributed by atoms with Gasteiger partial charge in [-0.3, -0.25) is 4.21 Å². The standard InChI is InChI=1S/C8H8ClNO5S/c9-5-1-2-7(15-4-8(11)12)6(3-5)10-16(13)14/h1-3,10H,4H2,(H,11,12)(H,13,14)/p-1.